The zero-order valence-electron chi connectivity index (χ0n) is 11.4. The van der Waals surface area contributed by atoms with Crippen LogP contribution < -0.4 is 5.73 Å². The maximum atomic E-state index is 12.2. The number of nitrogens with zero attached hydrogens (tertiary/aromatic N) is 1. The lowest BCUT2D eigenvalue weighted by atomic mass is 9.91. The first-order chi connectivity index (χ1) is 8.32. The predicted molar refractivity (Wildman–Crippen MR) is 69.0 cm³/mol. The van der Waals surface area contributed by atoms with Gasteiger partial charge in [-0.1, -0.05) is 13.8 Å². The molecule has 1 aliphatic heterocycles. The Morgan fingerprint density at radius 1 is 1.44 bits per heavy atom. The van der Waals surface area contributed by atoms with Crippen LogP contribution in [0.5, 0.6) is 0 Å². The average molecular weight is 256 g/mol. The number of carbonyl (C=O) groups excluding carboxylic acids is 1. The zero-order chi connectivity index (χ0) is 13.9. The fourth-order valence-electron chi connectivity index (χ4n) is 2.55. The molecule has 0 bridgehead atoms. The van der Waals surface area contributed by atoms with E-state index in [-0.39, 0.29) is 17.9 Å². The van der Waals surface area contributed by atoms with Gasteiger partial charge in [0.05, 0.1) is 12.0 Å². The number of carboxylic acid groups (broad SMARTS) is 1. The number of hydrogen-bond acceptors (Lipinski definition) is 3. The van der Waals surface area contributed by atoms with Crippen LogP contribution in [-0.4, -0.2) is 40.5 Å². The molecule has 0 aromatic rings. The first-order valence-electron chi connectivity index (χ1n) is 6.61. The summed E-state index contributed by atoms with van der Waals surface area (Å²) in [5.41, 5.74) is 5.90. The van der Waals surface area contributed by atoms with Crippen molar-refractivity contribution >= 4 is 11.9 Å². The van der Waals surface area contributed by atoms with Crippen molar-refractivity contribution < 1.29 is 14.7 Å². The lowest BCUT2D eigenvalue weighted by Gasteiger charge is -2.37. The second-order valence-electron chi connectivity index (χ2n) is 5.68. The van der Waals surface area contributed by atoms with Crippen molar-refractivity contribution in [3.05, 3.63) is 0 Å². The molecule has 1 fully saturated rings. The smallest absolute Gasteiger partial charge is 0.306 e. The number of amides is 1. The number of rotatable bonds is 4. The third-order valence-electron chi connectivity index (χ3n) is 3.55. The van der Waals surface area contributed by atoms with Gasteiger partial charge in [0.2, 0.25) is 5.91 Å². The highest BCUT2D eigenvalue weighted by Gasteiger charge is 2.33. The second-order valence-corrected chi connectivity index (χ2v) is 5.68. The van der Waals surface area contributed by atoms with Crippen molar-refractivity contribution in [2.24, 2.45) is 17.6 Å². The number of likely N-dealkylation sites (tertiary alicyclic amines) is 1. The summed E-state index contributed by atoms with van der Waals surface area (Å²) in [5, 5.41) is 8.98. The third kappa shape index (κ3) is 3.70. The Hall–Kier alpha value is -1.10. The van der Waals surface area contributed by atoms with E-state index >= 15 is 0 Å². The Labute approximate surface area is 108 Å². The number of carbonyl (C=O) groups is 2. The molecule has 1 saturated heterocycles. The summed E-state index contributed by atoms with van der Waals surface area (Å²) in [4.78, 5) is 24.8. The van der Waals surface area contributed by atoms with Crippen LogP contribution in [0.15, 0.2) is 0 Å². The molecule has 1 amide bonds. The van der Waals surface area contributed by atoms with E-state index in [4.69, 9.17) is 10.8 Å². The second kappa shape index (κ2) is 6.18. The molecule has 3 N–H and O–H groups in total. The maximum Gasteiger partial charge on any atom is 0.306 e. The first kappa shape index (κ1) is 15.0. The molecule has 104 valence electrons. The molecule has 0 radical (unpaired) electrons. The zero-order valence-corrected chi connectivity index (χ0v) is 11.4. The summed E-state index contributed by atoms with van der Waals surface area (Å²) in [6.07, 6.45) is 1.72. The highest BCUT2D eigenvalue weighted by molar-refractivity contribution is 5.82. The van der Waals surface area contributed by atoms with Crippen LogP contribution in [0.25, 0.3) is 0 Å². The molecule has 3 unspecified atom stereocenters. The SMILES string of the molecule is CC(C)CC(N)C(=O)N1CCC(C(=O)O)CC1C. The van der Waals surface area contributed by atoms with Crippen molar-refractivity contribution in [3.8, 4) is 0 Å². The van der Waals surface area contributed by atoms with Crippen LogP contribution in [0.3, 0.4) is 0 Å². The molecule has 0 aliphatic carbocycles. The van der Waals surface area contributed by atoms with Crippen LogP contribution in [0.1, 0.15) is 40.0 Å². The van der Waals surface area contributed by atoms with Crippen molar-refractivity contribution in [1.82, 2.24) is 4.90 Å². The van der Waals surface area contributed by atoms with Gasteiger partial charge in [-0.25, -0.2) is 0 Å². The van der Waals surface area contributed by atoms with Crippen molar-refractivity contribution in [3.63, 3.8) is 0 Å². The summed E-state index contributed by atoms with van der Waals surface area (Å²) in [7, 11) is 0. The summed E-state index contributed by atoms with van der Waals surface area (Å²) >= 11 is 0. The molecule has 1 rings (SSSR count). The molecule has 0 spiro atoms. The first-order valence-corrected chi connectivity index (χ1v) is 6.61. The largest absolute Gasteiger partial charge is 0.481 e. The van der Waals surface area contributed by atoms with Gasteiger partial charge in [0.1, 0.15) is 0 Å². The summed E-state index contributed by atoms with van der Waals surface area (Å²) in [5.74, 6) is -0.748. The highest BCUT2D eigenvalue weighted by Crippen LogP contribution is 2.24. The summed E-state index contributed by atoms with van der Waals surface area (Å²) in [6.45, 7) is 6.47. The van der Waals surface area contributed by atoms with Gasteiger partial charge in [0.25, 0.3) is 0 Å². The molecule has 5 heteroatoms. The van der Waals surface area contributed by atoms with E-state index in [9.17, 15) is 9.59 Å². The van der Waals surface area contributed by atoms with Crippen LogP contribution in [-0.2, 0) is 9.59 Å². The van der Waals surface area contributed by atoms with E-state index in [2.05, 4.69) is 0 Å². The molecular formula is C13H24N2O3. The van der Waals surface area contributed by atoms with Crippen LogP contribution in [0.4, 0.5) is 0 Å². The van der Waals surface area contributed by atoms with E-state index in [1.165, 1.54) is 0 Å². The summed E-state index contributed by atoms with van der Waals surface area (Å²) in [6, 6.07) is -0.501. The van der Waals surface area contributed by atoms with Gasteiger partial charge >= 0.3 is 5.97 Å². The quantitative estimate of drug-likeness (QED) is 0.788. The molecular weight excluding hydrogens is 232 g/mol. The molecule has 0 aromatic heterocycles. The normalized spacial score (nSPS) is 26.2. The van der Waals surface area contributed by atoms with Gasteiger partial charge in [-0.05, 0) is 32.1 Å². The summed E-state index contributed by atoms with van der Waals surface area (Å²) < 4.78 is 0. The van der Waals surface area contributed by atoms with Crippen LogP contribution in [0.2, 0.25) is 0 Å². The molecule has 3 atom stereocenters. The molecule has 18 heavy (non-hydrogen) atoms. The number of hydrogen-bond donors (Lipinski definition) is 2. The molecule has 5 nitrogen and oxygen atoms in total. The standard InChI is InChI=1S/C13H24N2O3/c1-8(2)6-11(14)12(16)15-5-4-10(13(17)18)7-9(15)3/h8-11H,4-7,14H2,1-3H3,(H,17,18). The number of aliphatic carboxylic acids is 1. The lowest BCUT2D eigenvalue weighted by molar-refractivity contribution is -0.148. The fraction of sp³-hybridized carbons (Fsp3) is 0.846. The number of nitrogens with two attached hydrogens (primary N) is 1. The third-order valence-corrected chi connectivity index (χ3v) is 3.55. The monoisotopic (exact) mass is 256 g/mol. The molecule has 0 aromatic carbocycles. The Morgan fingerprint density at radius 3 is 2.50 bits per heavy atom. The number of piperidine rings is 1. The van der Waals surface area contributed by atoms with Crippen molar-refractivity contribution in [1.29, 1.82) is 0 Å². The minimum absolute atomic E-state index is 0.0365. The van der Waals surface area contributed by atoms with Gasteiger partial charge in [0.15, 0.2) is 0 Å². The van der Waals surface area contributed by atoms with Gasteiger partial charge in [0, 0.05) is 12.6 Å². The van der Waals surface area contributed by atoms with Gasteiger partial charge in [-0.15, -0.1) is 0 Å². The molecule has 0 saturated carbocycles. The van der Waals surface area contributed by atoms with E-state index in [0.29, 0.717) is 31.7 Å². The Balaban J connectivity index is 2.58. The Kier molecular flexibility index (Phi) is 5.14. The minimum Gasteiger partial charge on any atom is -0.481 e. The Bertz CT molecular complexity index is 317. The molecule has 1 aliphatic rings. The van der Waals surface area contributed by atoms with E-state index in [1.54, 1.807) is 4.90 Å². The van der Waals surface area contributed by atoms with Crippen molar-refractivity contribution in [2.75, 3.05) is 6.54 Å². The Morgan fingerprint density at radius 2 is 2.06 bits per heavy atom. The van der Waals surface area contributed by atoms with Gasteiger partial charge in [-0.2, -0.15) is 0 Å². The fourth-order valence-corrected chi connectivity index (χ4v) is 2.55. The van der Waals surface area contributed by atoms with Crippen LogP contribution in [0, 0.1) is 11.8 Å². The average Bonchev–Trinajstić information content (AvgIpc) is 2.26. The maximum absolute atomic E-state index is 12.2. The molecule has 1 heterocycles. The van der Waals surface area contributed by atoms with E-state index in [0.717, 1.165) is 0 Å². The minimum atomic E-state index is -0.763. The lowest BCUT2D eigenvalue weighted by Crippen LogP contribution is -2.52. The topological polar surface area (TPSA) is 83.6 Å². The van der Waals surface area contributed by atoms with Crippen LogP contribution >= 0.6 is 0 Å². The predicted octanol–water partition coefficient (Wildman–Crippen LogP) is 1.07. The van der Waals surface area contributed by atoms with Gasteiger partial charge in [-0.3, -0.25) is 9.59 Å². The van der Waals surface area contributed by atoms with E-state index < -0.39 is 12.0 Å². The van der Waals surface area contributed by atoms with Crippen molar-refractivity contribution in [2.45, 2.75) is 52.1 Å². The van der Waals surface area contributed by atoms with Gasteiger partial charge < -0.3 is 15.7 Å². The highest BCUT2D eigenvalue weighted by atomic mass is 16.4. The number of carboxylic acids is 1. The van der Waals surface area contributed by atoms with E-state index in [1.807, 2.05) is 20.8 Å².